The first kappa shape index (κ1) is 27.3. The van der Waals surface area contributed by atoms with Crippen molar-refractivity contribution in [3.05, 3.63) is 101 Å². The van der Waals surface area contributed by atoms with E-state index in [9.17, 15) is 21.6 Å². The first-order chi connectivity index (χ1) is 18.0. The fourth-order valence-electron chi connectivity index (χ4n) is 3.30. The molecule has 1 heterocycles. The third-order valence-corrected chi connectivity index (χ3v) is 8.56. The average molecular weight is 592 g/mol. The van der Waals surface area contributed by atoms with Crippen molar-refractivity contribution in [2.45, 2.75) is 9.79 Å². The van der Waals surface area contributed by atoms with Crippen LogP contribution in [0.15, 0.2) is 101 Å². The van der Waals surface area contributed by atoms with Crippen molar-refractivity contribution >= 4 is 66.5 Å². The van der Waals surface area contributed by atoms with Crippen molar-refractivity contribution in [1.82, 2.24) is 9.97 Å². The predicted octanol–water partition coefficient (Wildman–Crippen LogP) is 4.42. The lowest BCUT2D eigenvalue weighted by atomic mass is 10.3. The van der Waals surface area contributed by atoms with E-state index < -0.39 is 32.5 Å². The summed E-state index contributed by atoms with van der Waals surface area (Å²) in [7, 11) is -8.15. The van der Waals surface area contributed by atoms with Gasteiger partial charge in [-0.05, 0) is 60.7 Å². The molecule has 0 spiro atoms. The number of aromatic nitrogens is 2. The van der Waals surface area contributed by atoms with Crippen molar-refractivity contribution in [1.29, 1.82) is 0 Å². The molecule has 0 radical (unpaired) electrons. The molecule has 1 amide bonds. The Morgan fingerprint density at radius 2 is 1.39 bits per heavy atom. The fourth-order valence-corrected chi connectivity index (χ4v) is 6.20. The van der Waals surface area contributed by atoms with Crippen molar-refractivity contribution in [2.24, 2.45) is 0 Å². The summed E-state index contributed by atoms with van der Waals surface area (Å²) in [6.07, 6.45) is 2.78. The number of halogens is 2. The lowest BCUT2D eigenvalue weighted by molar-refractivity contribution is -0.114. The smallest absolute Gasteiger partial charge is 0.264 e. The van der Waals surface area contributed by atoms with Gasteiger partial charge in [-0.25, -0.2) is 31.5 Å². The van der Waals surface area contributed by atoms with E-state index in [4.69, 9.17) is 23.2 Å². The second-order valence-electron chi connectivity index (χ2n) is 7.70. The molecule has 196 valence electrons. The fraction of sp³-hybridized carbons (Fsp3) is 0.0417. The summed E-state index contributed by atoms with van der Waals surface area (Å²) in [6, 6.07) is 18.6. The summed E-state index contributed by atoms with van der Waals surface area (Å²) in [5.41, 5.74) is 0.336. The molecule has 0 bridgehead atoms. The standard InChI is InChI=1S/C24H19Cl2N5O5S2/c25-17-13-18(26)15-20(14-17)31(38(35,36)22-5-2-1-3-6-22)16-23(32)29-19-7-9-21(10-8-19)37(33,34)30-24-27-11-4-12-28-24/h1-15H,16H2,(H,29,32)(H,27,28,30). The molecule has 38 heavy (non-hydrogen) atoms. The van der Waals surface area contributed by atoms with Gasteiger partial charge in [0.25, 0.3) is 20.0 Å². The van der Waals surface area contributed by atoms with E-state index >= 15 is 0 Å². The van der Waals surface area contributed by atoms with Gasteiger partial charge in [-0.1, -0.05) is 41.4 Å². The average Bonchev–Trinajstić information content (AvgIpc) is 2.88. The van der Waals surface area contributed by atoms with Crippen molar-refractivity contribution in [3.8, 4) is 0 Å². The van der Waals surface area contributed by atoms with E-state index in [0.29, 0.717) is 0 Å². The summed E-state index contributed by atoms with van der Waals surface area (Å²) >= 11 is 12.2. The van der Waals surface area contributed by atoms with E-state index in [-0.39, 0.29) is 37.2 Å². The van der Waals surface area contributed by atoms with Crippen LogP contribution in [0.3, 0.4) is 0 Å². The Balaban J connectivity index is 1.55. The minimum atomic E-state index is -4.18. The predicted molar refractivity (Wildman–Crippen MR) is 145 cm³/mol. The SMILES string of the molecule is O=C(CN(c1cc(Cl)cc(Cl)c1)S(=O)(=O)c1ccccc1)Nc1ccc(S(=O)(=O)Nc2ncccn2)cc1. The van der Waals surface area contributed by atoms with Gasteiger partial charge in [-0.15, -0.1) is 0 Å². The molecule has 0 atom stereocenters. The lowest BCUT2D eigenvalue weighted by Gasteiger charge is -2.24. The molecule has 0 saturated heterocycles. The number of benzene rings is 3. The quantitative estimate of drug-likeness (QED) is 0.294. The molecule has 3 aromatic carbocycles. The zero-order chi connectivity index (χ0) is 27.3. The highest BCUT2D eigenvalue weighted by atomic mass is 35.5. The van der Waals surface area contributed by atoms with Gasteiger partial charge in [0, 0.05) is 28.1 Å². The van der Waals surface area contributed by atoms with Crippen LogP contribution in [0.4, 0.5) is 17.3 Å². The van der Waals surface area contributed by atoms with Crippen LogP contribution in [0, 0.1) is 0 Å². The maximum atomic E-state index is 13.4. The Labute approximate surface area is 229 Å². The van der Waals surface area contributed by atoms with Gasteiger partial charge in [-0.3, -0.25) is 9.10 Å². The molecule has 10 nitrogen and oxygen atoms in total. The van der Waals surface area contributed by atoms with Gasteiger partial charge < -0.3 is 5.32 Å². The van der Waals surface area contributed by atoms with Crippen LogP contribution in [0.1, 0.15) is 0 Å². The second kappa shape index (κ2) is 11.4. The van der Waals surface area contributed by atoms with Gasteiger partial charge in [-0.2, -0.15) is 0 Å². The number of carbonyl (C=O) groups excluding carboxylic acids is 1. The van der Waals surface area contributed by atoms with E-state index in [1.165, 1.54) is 67.0 Å². The summed E-state index contributed by atoms with van der Waals surface area (Å²) in [4.78, 5) is 20.5. The van der Waals surface area contributed by atoms with Gasteiger partial charge in [0.2, 0.25) is 11.9 Å². The number of anilines is 3. The summed E-state index contributed by atoms with van der Waals surface area (Å²) in [6.45, 7) is -0.610. The van der Waals surface area contributed by atoms with Gasteiger partial charge in [0.15, 0.2) is 0 Å². The number of hydrogen-bond donors (Lipinski definition) is 2. The molecular formula is C24H19Cl2N5O5S2. The van der Waals surface area contributed by atoms with Gasteiger partial charge >= 0.3 is 0 Å². The molecule has 0 saturated carbocycles. The third-order valence-electron chi connectivity index (χ3n) is 4.99. The molecule has 0 unspecified atom stereocenters. The highest BCUT2D eigenvalue weighted by molar-refractivity contribution is 7.93. The van der Waals surface area contributed by atoms with Crippen LogP contribution in [0.5, 0.6) is 0 Å². The lowest BCUT2D eigenvalue weighted by Crippen LogP contribution is -2.38. The van der Waals surface area contributed by atoms with E-state index in [2.05, 4.69) is 20.0 Å². The molecule has 0 fully saturated rings. The molecule has 4 aromatic rings. The zero-order valence-electron chi connectivity index (χ0n) is 19.3. The second-order valence-corrected chi connectivity index (χ2v) is 12.1. The van der Waals surface area contributed by atoms with E-state index in [1.807, 2.05) is 0 Å². The van der Waals surface area contributed by atoms with Crippen LogP contribution in [0.2, 0.25) is 10.0 Å². The van der Waals surface area contributed by atoms with Crippen LogP contribution < -0.4 is 14.3 Å². The Morgan fingerprint density at radius 1 is 0.789 bits per heavy atom. The first-order valence-electron chi connectivity index (χ1n) is 10.8. The topological polar surface area (TPSA) is 138 Å². The summed E-state index contributed by atoms with van der Waals surface area (Å²) in [5, 5.41) is 2.95. The normalized spacial score (nSPS) is 11.5. The molecule has 0 aliphatic carbocycles. The number of nitrogens with one attached hydrogen (secondary N) is 2. The van der Waals surface area contributed by atoms with Crippen LogP contribution >= 0.6 is 23.2 Å². The Bertz CT molecular complexity index is 1640. The Morgan fingerprint density at radius 3 is 2.00 bits per heavy atom. The zero-order valence-corrected chi connectivity index (χ0v) is 22.5. The third kappa shape index (κ3) is 6.58. The molecule has 4 rings (SSSR count). The van der Waals surface area contributed by atoms with Crippen molar-refractivity contribution in [3.63, 3.8) is 0 Å². The molecule has 2 N–H and O–H groups in total. The van der Waals surface area contributed by atoms with Crippen LogP contribution in [0.25, 0.3) is 0 Å². The molecule has 0 aliphatic heterocycles. The highest BCUT2D eigenvalue weighted by Crippen LogP contribution is 2.29. The van der Waals surface area contributed by atoms with Crippen molar-refractivity contribution < 1.29 is 21.6 Å². The molecular weight excluding hydrogens is 573 g/mol. The maximum Gasteiger partial charge on any atom is 0.264 e. The van der Waals surface area contributed by atoms with Crippen molar-refractivity contribution in [2.75, 3.05) is 20.9 Å². The van der Waals surface area contributed by atoms with Gasteiger partial charge in [0.05, 0.1) is 15.5 Å². The number of nitrogens with zero attached hydrogens (tertiary/aromatic N) is 3. The van der Waals surface area contributed by atoms with Crippen LogP contribution in [-0.4, -0.2) is 39.3 Å². The first-order valence-corrected chi connectivity index (χ1v) is 14.5. The van der Waals surface area contributed by atoms with Crippen LogP contribution in [-0.2, 0) is 24.8 Å². The highest BCUT2D eigenvalue weighted by Gasteiger charge is 2.28. The monoisotopic (exact) mass is 591 g/mol. The summed E-state index contributed by atoms with van der Waals surface area (Å²) < 4.78 is 55.1. The Hall–Kier alpha value is -3.71. The van der Waals surface area contributed by atoms with E-state index in [0.717, 1.165) is 4.31 Å². The maximum absolute atomic E-state index is 13.4. The minimum absolute atomic E-state index is 0.0339. The number of sulfonamides is 2. The number of rotatable bonds is 9. The number of hydrogen-bond acceptors (Lipinski definition) is 7. The van der Waals surface area contributed by atoms with E-state index in [1.54, 1.807) is 24.3 Å². The summed E-state index contributed by atoms with van der Waals surface area (Å²) in [5.74, 6) is -0.780. The molecule has 1 aromatic heterocycles. The van der Waals surface area contributed by atoms with Gasteiger partial charge in [0.1, 0.15) is 6.54 Å². The number of carbonyl (C=O) groups is 1. The minimum Gasteiger partial charge on any atom is -0.325 e. The largest absolute Gasteiger partial charge is 0.325 e. The number of amides is 1. The molecule has 0 aliphatic rings. The molecule has 14 heteroatoms. The Kier molecular flexibility index (Phi) is 8.17.